The van der Waals surface area contributed by atoms with Gasteiger partial charge in [0.25, 0.3) is 0 Å². The molecule has 0 spiro atoms. The van der Waals surface area contributed by atoms with Crippen molar-refractivity contribution in [1.29, 1.82) is 0 Å². The second-order valence-electron chi connectivity index (χ2n) is 5.19. The highest BCUT2D eigenvalue weighted by Crippen LogP contribution is 2.29. The molecular formula is C18H17NO2. The summed E-state index contributed by atoms with van der Waals surface area (Å²) in [5, 5.41) is 11.8. The molecule has 1 heterocycles. The van der Waals surface area contributed by atoms with Crippen LogP contribution in [0, 0.1) is 0 Å². The SMILES string of the molecule is COc1ccc2nc(C(C)(O)c3ccccc3)ccc2c1. The Hall–Kier alpha value is -2.39. The largest absolute Gasteiger partial charge is 0.497 e. The maximum Gasteiger partial charge on any atom is 0.129 e. The summed E-state index contributed by atoms with van der Waals surface area (Å²) >= 11 is 0. The Balaban J connectivity index is 2.08. The van der Waals surface area contributed by atoms with Crippen molar-refractivity contribution in [3.05, 3.63) is 71.9 Å². The Bertz CT molecular complexity index is 767. The molecule has 1 N–H and O–H groups in total. The summed E-state index contributed by atoms with van der Waals surface area (Å²) in [6, 6.07) is 19.1. The van der Waals surface area contributed by atoms with Gasteiger partial charge in [0.2, 0.25) is 0 Å². The van der Waals surface area contributed by atoms with Crippen LogP contribution >= 0.6 is 0 Å². The second kappa shape index (κ2) is 5.19. The van der Waals surface area contributed by atoms with E-state index in [-0.39, 0.29) is 0 Å². The van der Waals surface area contributed by atoms with Gasteiger partial charge in [0.15, 0.2) is 0 Å². The lowest BCUT2D eigenvalue weighted by Gasteiger charge is -2.23. The van der Waals surface area contributed by atoms with E-state index in [1.54, 1.807) is 14.0 Å². The molecule has 0 bridgehead atoms. The number of rotatable bonds is 3. The standard InChI is InChI=1S/C18H17NO2/c1-18(20,14-6-4-3-5-7-14)17-11-8-13-12-15(21-2)9-10-16(13)19-17/h3-12,20H,1-2H3. The molecule has 3 aromatic rings. The maximum absolute atomic E-state index is 10.8. The van der Waals surface area contributed by atoms with Crippen LogP contribution in [0.1, 0.15) is 18.2 Å². The van der Waals surface area contributed by atoms with E-state index in [0.717, 1.165) is 22.2 Å². The molecule has 3 heteroatoms. The van der Waals surface area contributed by atoms with E-state index in [9.17, 15) is 5.11 Å². The normalized spacial score (nSPS) is 13.9. The number of hydrogen-bond donors (Lipinski definition) is 1. The second-order valence-corrected chi connectivity index (χ2v) is 5.19. The van der Waals surface area contributed by atoms with Crippen molar-refractivity contribution in [3.63, 3.8) is 0 Å². The number of aromatic nitrogens is 1. The zero-order chi connectivity index (χ0) is 14.9. The van der Waals surface area contributed by atoms with Gasteiger partial charge in [-0.05, 0) is 36.8 Å². The summed E-state index contributed by atoms with van der Waals surface area (Å²) in [4.78, 5) is 4.59. The molecule has 0 aliphatic heterocycles. The molecule has 0 aliphatic carbocycles. The molecule has 21 heavy (non-hydrogen) atoms. The van der Waals surface area contributed by atoms with Crippen LogP contribution in [0.25, 0.3) is 10.9 Å². The third kappa shape index (κ3) is 2.48. The monoisotopic (exact) mass is 279 g/mol. The fourth-order valence-electron chi connectivity index (χ4n) is 2.41. The topological polar surface area (TPSA) is 42.4 Å². The van der Waals surface area contributed by atoms with Gasteiger partial charge in [-0.3, -0.25) is 0 Å². The fourth-order valence-corrected chi connectivity index (χ4v) is 2.41. The summed E-state index contributed by atoms with van der Waals surface area (Å²) in [5.41, 5.74) is 1.18. The first kappa shape index (κ1) is 13.6. The Labute approximate surface area is 123 Å². The van der Waals surface area contributed by atoms with Crippen LogP contribution in [0.4, 0.5) is 0 Å². The molecule has 0 amide bonds. The first-order chi connectivity index (χ1) is 10.1. The van der Waals surface area contributed by atoms with Crippen molar-refractivity contribution in [2.45, 2.75) is 12.5 Å². The number of pyridine rings is 1. The quantitative estimate of drug-likeness (QED) is 0.798. The predicted molar refractivity (Wildman–Crippen MR) is 83.4 cm³/mol. The molecule has 0 aliphatic rings. The number of methoxy groups -OCH3 is 1. The first-order valence-electron chi connectivity index (χ1n) is 6.84. The Morgan fingerprint density at radius 3 is 2.48 bits per heavy atom. The van der Waals surface area contributed by atoms with E-state index in [1.165, 1.54) is 0 Å². The Morgan fingerprint density at radius 2 is 1.76 bits per heavy atom. The lowest BCUT2D eigenvalue weighted by molar-refractivity contribution is 0.0978. The van der Waals surface area contributed by atoms with Gasteiger partial charge >= 0.3 is 0 Å². The summed E-state index contributed by atoms with van der Waals surface area (Å²) in [6.07, 6.45) is 0. The molecule has 3 rings (SSSR count). The van der Waals surface area contributed by atoms with Crippen molar-refractivity contribution in [1.82, 2.24) is 4.98 Å². The minimum absolute atomic E-state index is 0.631. The number of hydrogen-bond acceptors (Lipinski definition) is 3. The van der Waals surface area contributed by atoms with Gasteiger partial charge < -0.3 is 9.84 Å². The number of fused-ring (bicyclic) bond motifs is 1. The summed E-state index contributed by atoms with van der Waals surface area (Å²) in [7, 11) is 1.64. The third-order valence-corrected chi connectivity index (χ3v) is 3.73. The van der Waals surface area contributed by atoms with Gasteiger partial charge in [-0.2, -0.15) is 0 Å². The van der Waals surface area contributed by atoms with E-state index in [2.05, 4.69) is 4.98 Å². The van der Waals surface area contributed by atoms with Crippen LogP contribution in [0.2, 0.25) is 0 Å². The van der Waals surface area contributed by atoms with Crippen molar-refractivity contribution < 1.29 is 9.84 Å². The molecule has 3 nitrogen and oxygen atoms in total. The molecule has 1 unspecified atom stereocenters. The number of nitrogens with zero attached hydrogens (tertiary/aromatic N) is 1. The lowest BCUT2D eigenvalue weighted by Crippen LogP contribution is -2.24. The number of ether oxygens (including phenoxy) is 1. The van der Waals surface area contributed by atoms with E-state index < -0.39 is 5.60 Å². The highest BCUT2D eigenvalue weighted by molar-refractivity contribution is 5.80. The summed E-state index contributed by atoms with van der Waals surface area (Å²) in [5.74, 6) is 0.798. The Morgan fingerprint density at radius 1 is 1.00 bits per heavy atom. The summed E-state index contributed by atoms with van der Waals surface area (Å²) < 4.78 is 5.21. The van der Waals surface area contributed by atoms with Gasteiger partial charge in [-0.1, -0.05) is 36.4 Å². The van der Waals surface area contributed by atoms with Crippen LogP contribution in [0.15, 0.2) is 60.7 Å². The van der Waals surface area contributed by atoms with Crippen LogP contribution < -0.4 is 4.74 Å². The summed E-state index contributed by atoms with van der Waals surface area (Å²) in [6.45, 7) is 1.76. The first-order valence-corrected chi connectivity index (χ1v) is 6.84. The highest BCUT2D eigenvalue weighted by Gasteiger charge is 2.27. The molecule has 106 valence electrons. The molecule has 1 aromatic heterocycles. The smallest absolute Gasteiger partial charge is 0.129 e. The average Bonchev–Trinajstić information content (AvgIpc) is 2.54. The minimum Gasteiger partial charge on any atom is -0.497 e. The van der Waals surface area contributed by atoms with E-state index in [4.69, 9.17) is 4.74 Å². The van der Waals surface area contributed by atoms with E-state index in [0.29, 0.717) is 5.69 Å². The zero-order valence-electron chi connectivity index (χ0n) is 12.1. The average molecular weight is 279 g/mol. The number of benzene rings is 2. The lowest BCUT2D eigenvalue weighted by atomic mass is 9.92. The van der Waals surface area contributed by atoms with Crippen LogP contribution in [-0.2, 0) is 5.60 Å². The van der Waals surface area contributed by atoms with Crippen LogP contribution in [0.5, 0.6) is 5.75 Å². The van der Waals surface area contributed by atoms with Crippen molar-refractivity contribution in [2.75, 3.05) is 7.11 Å². The molecule has 0 saturated heterocycles. The fraction of sp³-hybridized carbons (Fsp3) is 0.167. The third-order valence-electron chi connectivity index (χ3n) is 3.73. The van der Waals surface area contributed by atoms with E-state index >= 15 is 0 Å². The van der Waals surface area contributed by atoms with Crippen molar-refractivity contribution in [2.24, 2.45) is 0 Å². The van der Waals surface area contributed by atoms with Gasteiger partial charge in [0.05, 0.1) is 18.3 Å². The van der Waals surface area contributed by atoms with Crippen molar-refractivity contribution in [3.8, 4) is 5.75 Å². The number of aliphatic hydroxyl groups is 1. The Kier molecular flexibility index (Phi) is 3.35. The maximum atomic E-state index is 10.8. The predicted octanol–water partition coefficient (Wildman–Crippen LogP) is 3.50. The van der Waals surface area contributed by atoms with Gasteiger partial charge in [-0.15, -0.1) is 0 Å². The molecule has 0 fully saturated rings. The van der Waals surface area contributed by atoms with Gasteiger partial charge in [0, 0.05) is 5.39 Å². The highest BCUT2D eigenvalue weighted by atomic mass is 16.5. The molecule has 0 saturated carbocycles. The molecule has 2 aromatic carbocycles. The van der Waals surface area contributed by atoms with Gasteiger partial charge in [-0.25, -0.2) is 4.98 Å². The minimum atomic E-state index is -1.12. The van der Waals surface area contributed by atoms with Crippen LogP contribution in [0.3, 0.4) is 0 Å². The van der Waals surface area contributed by atoms with E-state index in [1.807, 2.05) is 60.7 Å². The molecule has 1 atom stereocenters. The van der Waals surface area contributed by atoms with Crippen LogP contribution in [-0.4, -0.2) is 17.2 Å². The zero-order valence-corrected chi connectivity index (χ0v) is 12.1. The van der Waals surface area contributed by atoms with Crippen molar-refractivity contribution >= 4 is 10.9 Å². The van der Waals surface area contributed by atoms with Gasteiger partial charge in [0.1, 0.15) is 11.4 Å². The molecule has 0 radical (unpaired) electrons. The molecular weight excluding hydrogens is 262 g/mol.